The van der Waals surface area contributed by atoms with E-state index in [2.05, 4.69) is 15.8 Å². The van der Waals surface area contributed by atoms with Gasteiger partial charge in [0, 0.05) is 24.2 Å². The van der Waals surface area contributed by atoms with Crippen molar-refractivity contribution >= 4 is 29.0 Å². The van der Waals surface area contributed by atoms with Crippen molar-refractivity contribution in [3.05, 3.63) is 5.69 Å². The highest BCUT2D eigenvalue weighted by Crippen LogP contribution is 2.38. The van der Waals surface area contributed by atoms with Crippen LogP contribution in [0.5, 0.6) is 0 Å². The van der Waals surface area contributed by atoms with Crippen molar-refractivity contribution in [1.29, 1.82) is 0 Å². The van der Waals surface area contributed by atoms with E-state index in [-0.39, 0.29) is 17.4 Å². The van der Waals surface area contributed by atoms with Gasteiger partial charge in [0.15, 0.2) is 0 Å². The molecular weight excluding hydrogens is 306 g/mol. The van der Waals surface area contributed by atoms with Gasteiger partial charge in [0.2, 0.25) is 5.88 Å². The molecule has 0 aliphatic carbocycles. The predicted molar refractivity (Wildman–Crippen MR) is 85.4 cm³/mol. The number of nitrogens with one attached hydrogen (secondary N) is 2. The molecule has 1 aromatic heterocycles. The Balaban J connectivity index is 3.04. The number of carbonyl (C=O) groups excluding carboxylic acids is 2. The smallest absolute Gasteiger partial charge is 0.372 e. The molecule has 1 rings (SSSR count). The Morgan fingerprint density at radius 1 is 1.41 bits per heavy atom. The minimum Gasteiger partial charge on any atom is -0.454 e. The van der Waals surface area contributed by atoms with Gasteiger partial charge in [0.1, 0.15) is 10.6 Å². The second-order valence-corrected chi connectivity index (χ2v) is 6.78. The summed E-state index contributed by atoms with van der Waals surface area (Å²) in [5, 5.41) is 8.46. The van der Waals surface area contributed by atoms with Crippen LogP contribution in [0, 0.1) is 0 Å². The maximum Gasteiger partial charge on any atom is 0.372 e. The molecule has 7 nitrogen and oxygen atoms in total. The average molecular weight is 329 g/mol. The number of urea groups is 1. The first-order valence-electron chi connectivity index (χ1n) is 7.06. The largest absolute Gasteiger partial charge is 0.454 e. The molecule has 0 aromatic carbocycles. The Labute approximate surface area is 134 Å². The molecular formula is C14H23N3O4S. The van der Waals surface area contributed by atoms with Gasteiger partial charge < -0.3 is 14.6 Å². The molecule has 0 aliphatic heterocycles. The Kier molecular flexibility index (Phi) is 6.28. The van der Waals surface area contributed by atoms with Gasteiger partial charge in [-0.15, -0.1) is 0 Å². The first-order valence-corrected chi connectivity index (χ1v) is 7.88. The minimum absolute atomic E-state index is 0.135. The van der Waals surface area contributed by atoms with Crippen LogP contribution in [0.3, 0.4) is 0 Å². The predicted octanol–water partition coefficient (Wildman–Crippen LogP) is 3.75. The van der Waals surface area contributed by atoms with E-state index >= 15 is 0 Å². The third kappa shape index (κ3) is 4.94. The first kappa shape index (κ1) is 18.3. The van der Waals surface area contributed by atoms with E-state index in [1.165, 1.54) is 7.05 Å². The van der Waals surface area contributed by atoms with Crippen molar-refractivity contribution in [3.8, 4) is 0 Å². The molecule has 0 saturated carbocycles. The zero-order valence-electron chi connectivity index (χ0n) is 13.8. The van der Waals surface area contributed by atoms with E-state index in [1.807, 2.05) is 34.6 Å². The number of thioether (sulfide) groups is 1. The number of anilines is 1. The lowest BCUT2D eigenvalue weighted by molar-refractivity contribution is 0.131. The summed E-state index contributed by atoms with van der Waals surface area (Å²) in [6, 6.07) is -0.450. The van der Waals surface area contributed by atoms with Crippen molar-refractivity contribution in [3.63, 3.8) is 0 Å². The minimum atomic E-state index is -0.456. The maximum absolute atomic E-state index is 12.0. The van der Waals surface area contributed by atoms with Gasteiger partial charge in [-0.05, 0) is 13.3 Å². The lowest BCUT2D eigenvalue weighted by Crippen LogP contribution is -2.24. The number of nitrogens with zero attached hydrogens (tertiary/aromatic N) is 1. The standard InChI is InChI=1S/C14H23N3O4S/c1-7-8(2)20-13(19)22-9-10(14(3,4)5)17-21-11(9)16-12(18)15-6/h8H,7H2,1-6H3,(H2,15,16,18). The summed E-state index contributed by atoms with van der Waals surface area (Å²) in [6.45, 7) is 9.58. The lowest BCUT2D eigenvalue weighted by Gasteiger charge is -2.16. The van der Waals surface area contributed by atoms with Crippen LogP contribution in [-0.4, -0.2) is 29.6 Å². The molecule has 0 aliphatic rings. The van der Waals surface area contributed by atoms with E-state index in [0.717, 1.165) is 18.2 Å². The van der Waals surface area contributed by atoms with E-state index in [0.29, 0.717) is 10.6 Å². The van der Waals surface area contributed by atoms with Crippen LogP contribution < -0.4 is 10.6 Å². The van der Waals surface area contributed by atoms with Crippen molar-refractivity contribution in [1.82, 2.24) is 10.5 Å². The highest BCUT2D eigenvalue weighted by molar-refractivity contribution is 8.13. The van der Waals surface area contributed by atoms with Crippen LogP contribution in [0.4, 0.5) is 15.5 Å². The Morgan fingerprint density at radius 3 is 2.55 bits per heavy atom. The number of hydrogen-bond donors (Lipinski definition) is 2. The van der Waals surface area contributed by atoms with Crippen LogP contribution in [-0.2, 0) is 10.2 Å². The topological polar surface area (TPSA) is 93.5 Å². The molecule has 2 amide bonds. The average Bonchev–Trinajstić information content (AvgIpc) is 2.81. The molecule has 0 bridgehead atoms. The summed E-state index contributed by atoms with van der Waals surface area (Å²) in [7, 11) is 1.49. The van der Waals surface area contributed by atoms with Crippen LogP contribution in [0.15, 0.2) is 9.42 Å². The number of aromatic nitrogens is 1. The molecule has 0 spiro atoms. The third-order valence-electron chi connectivity index (χ3n) is 2.87. The van der Waals surface area contributed by atoms with Crippen molar-refractivity contribution < 1.29 is 18.8 Å². The number of rotatable bonds is 4. The van der Waals surface area contributed by atoms with Crippen LogP contribution in [0.1, 0.15) is 46.7 Å². The van der Waals surface area contributed by atoms with Crippen LogP contribution in [0.2, 0.25) is 0 Å². The maximum atomic E-state index is 12.0. The molecule has 1 atom stereocenters. The van der Waals surface area contributed by atoms with Crippen LogP contribution in [0.25, 0.3) is 0 Å². The molecule has 1 aromatic rings. The summed E-state index contributed by atoms with van der Waals surface area (Å²) in [5.74, 6) is 0.135. The molecule has 2 N–H and O–H groups in total. The second-order valence-electron chi connectivity index (χ2n) is 5.83. The summed E-state index contributed by atoms with van der Waals surface area (Å²) in [5.41, 5.74) is 0.246. The quantitative estimate of drug-likeness (QED) is 0.645. The number of hydrogen-bond acceptors (Lipinski definition) is 6. The van der Waals surface area contributed by atoms with E-state index in [1.54, 1.807) is 0 Å². The summed E-state index contributed by atoms with van der Waals surface area (Å²) >= 11 is 0.867. The summed E-state index contributed by atoms with van der Waals surface area (Å²) in [6.07, 6.45) is 0.555. The summed E-state index contributed by atoms with van der Waals surface area (Å²) < 4.78 is 10.4. The molecule has 1 heterocycles. The molecule has 0 fully saturated rings. The zero-order valence-corrected chi connectivity index (χ0v) is 14.6. The molecule has 22 heavy (non-hydrogen) atoms. The number of ether oxygens (including phenoxy) is 1. The van der Waals surface area contributed by atoms with Crippen molar-refractivity contribution in [2.75, 3.05) is 12.4 Å². The van der Waals surface area contributed by atoms with Gasteiger partial charge in [-0.1, -0.05) is 32.9 Å². The fraction of sp³-hybridized carbons (Fsp3) is 0.643. The molecule has 0 saturated heterocycles. The van der Waals surface area contributed by atoms with Crippen molar-refractivity contribution in [2.24, 2.45) is 0 Å². The van der Waals surface area contributed by atoms with Crippen molar-refractivity contribution in [2.45, 2.75) is 57.5 Å². The molecule has 124 valence electrons. The van der Waals surface area contributed by atoms with Gasteiger partial charge >= 0.3 is 11.3 Å². The Bertz CT molecular complexity index is 537. The monoisotopic (exact) mass is 329 g/mol. The van der Waals surface area contributed by atoms with E-state index < -0.39 is 11.3 Å². The van der Waals surface area contributed by atoms with Gasteiger partial charge in [0.05, 0.1) is 6.10 Å². The van der Waals surface area contributed by atoms with Gasteiger partial charge in [-0.3, -0.25) is 5.32 Å². The van der Waals surface area contributed by atoms with Crippen LogP contribution >= 0.6 is 11.8 Å². The fourth-order valence-corrected chi connectivity index (χ4v) is 2.45. The SMILES string of the molecule is CCC(C)OC(=O)Sc1c(C(C)(C)C)noc1NC(=O)NC. The highest BCUT2D eigenvalue weighted by atomic mass is 32.2. The van der Waals surface area contributed by atoms with Gasteiger partial charge in [-0.2, -0.15) is 0 Å². The molecule has 0 radical (unpaired) electrons. The van der Waals surface area contributed by atoms with Gasteiger partial charge in [0.25, 0.3) is 0 Å². The Morgan fingerprint density at radius 2 is 2.05 bits per heavy atom. The molecule has 8 heteroatoms. The summed E-state index contributed by atoms with van der Waals surface area (Å²) in [4.78, 5) is 23.9. The van der Waals surface area contributed by atoms with E-state index in [9.17, 15) is 9.59 Å². The van der Waals surface area contributed by atoms with Gasteiger partial charge in [-0.25, -0.2) is 9.59 Å². The third-order valence-corrected chi connectivity index (χ3v) is 3.72. The number of amides is 2. The first-order chi connectivity index (χ1) is 10.2. The zero-order chi connectivity index (χ0) is 16.9. The Hall–Kier alpha value is -1.70. The second kappa shape index (κ2) is 7.53. The number of carbonyl (C=O) groups is 2. The van der Waals surface area contributed by atoms with E-state index in [4.69, 9.17) is 9.26 Å². The molecule has 1 unspecified atom stereocenters. The fourth-order valence-electron chi connectivity index (χ4n) is 1.45. The highest BCUT2D eigenvalue weighted by Gasteiger charge is 2.29. The lowest BCUT2D eigenvalue weighted by atomic mass is 9.92. The normalized spacial score (nSPS) is 12.6.